The summed E-state index contributed by atoms with van der Waals surface area (Å²) in [6.45, 7) is 5.20. The quantitative estimate of drug-likeness (QED) is 0.850. The summed E-state index contributed by atoms with van der Waals surface area (Å²) in [5.74, 6) is 0.382. The Hall–Kier alpha value is -1.39. The number of benzene rings is 1. The smallest absolute Gasteiger partial charge is 0.239 e. The zero-order chi connectivity index (χ0) is 14.0. The molecule has 1 fully saturated rings. The fourth-order valence-corrected chi connectivity index (χ4v) is 2.56. The highest BCUT2D eigenvalue weighted by Gasteiger charge is 2.35. The van der Waals surface area contributed by atoms with Crippen molar-refractivity contribution in [3.05, 3.63) is 35.9 Å². The van der Waals surface area contributed by atoms with Crippen molar-refractivity contribution in [2.45, 2.75) is 31.8 Å². The number of hydrogen-bond donors (Lipinski definition) is 2. The number of likely N-dealkylation sites (tertiary alicyclic amines) is 1. The molecule has 2 rings (SSSR count). The normalized spacial score (nSPS) is 24.8. The Kier molecular flexibility index (Phi) is 4.22. The third kappa shape index (κ3) is 2.96. The molecule has 4 heteroatoms. The second-order valence-corrected chi connectivity index (χ2v) is 5.69. The second kappa shape index (κ2) is 5.72. The molecule has 4 nitrogen and oxygen atoms in total. The van der Waals surface area contributed by atoms with E-state index in [1.165, 1.54) is 5.56 Å². The minimum atomic E-state index is -0.429. The minimum Gasteiger partial charge on any atom is -0.339 e. The van der Waals surface area contributed by atoms with Gasteiger partial charge in [-0.05, 0) is 11.5 Å². The highest BCUT2D eigenvalue weighted by atomic mass is 16.2. The van der Waals surface area contributed by atoms with Gasteiger partial charge in [-0.2, -0.15) is 0 Å². The van der Waals surface area contributed by atoms with Gasteiger partial charge < -0.3 is 16.4 Å². The summed E-state index contributed by atoms with van der Waals surface area (Å²) >= 11 is 0. The van der Waals surface area contributed by atoms with E-state index in [-0.39, 0.29) is 23.8 Å². The molecule has 1 aromatic rings. The van der Waals surface area contributed by atoms with Crippen molar-refractivity contribution in [3.63, 3.8) is 0 Å². The average molecular weight is 261 g/mol. The van der Waals surface area contributed by atoms with Gasteiger partial charge in [-0.1, -0.05) is 44.2 Å². The van der Waals surface area contributed by atoms with Crippen molar-refractivity contribution in [2.24, 2.45) is 17.4 Å². The van der Waals surface area contributed by atoms with Crippen molar-refractivity contribution >= 4 is 5.91 Å². The van der Waals surface area contributed by atoms with E-state index in [2.05, 4.69) is 12.1 Å². The molecular formula is C15H23N3O. The maximum Gasteiger partial charge on any atom is 0.239 e. The van der Waals surface area contributed by atoms with Crippen LogP contribution in [0.3, 0.4) is 0 Å². The maximum atomic E-state index is 12.3. The molecular weight excluding hydrogens is 238 g/mol. The number of amides is 1. The first kappa shape index (κ1) is 14.0. The van der Waals surface area contributed by atoms with Gasteiger partial charge in [0.15, 0.2) is 0 Å². The third-order valence-corrected chi connectivity index (χ3v) is 3.91. The predicted molar refractivity (Wildman–Crippen MR) is 76.6 cm³/mol. The summed E-state index contributed by atoms with van der Waals surface area (Å²) in [5, 5.41) is 0. The molecule has 0 spiro atoms. The van der Waals surface area contributed by atoms with Crippen LogP contribution in [0, 0.1) is 5.92 Å². The van der Waals surface area contributed by atoms with E-state index in [1.54, 1.807) is 0 Å². The number of hydrogen-bond acceptors (Lipinski definition) is 3. The first-order chi connectivity index (χ1) is 9.00. The van der Waals surface area contributed by atoms with E-state index in [9.17, 15) is 4.79 Å². The van der Waals surface area contributed by atoms with E-state index >= 15 is 0 Å². The average Bonchev–Trinajstić information content (AvgIpc) is 2.80. The van der Waals surface area contributed by atoms with E-state index in [1.807, 2.05) is 36.9 Å². The van der Waals surface area contributed by atoms with Crippen LogP contribution < -0.4 is 11.5 Å². The molecule has 104 valence electrons. The van der Waals surface area contributed by atoms with E-state index in [0.29, 0.717) is 13.1 Å². The maximum absolute atomic E-state index is 12.3. The van der Waals surface area contributed by atoms with Gasteiger partial charge in [0.2, 0.25) is 5.91 Å². The van der Waals surface area contributed by atoms with Crippen molar-refractivity contribution in [3.8, 4) is 0 Å². The predicted octanol–water partition coefficient (Wildman–Crippen LogP) is 0.923. The topological polar surface area (TPSA) is 72.4 Å². The highest BCUT2D eigenvalue weighted by molar-refractivity contribution is 5.82. The van der Waals surface area contributed by atoms with Gasteiger partial charge in [-0.25, -0.2) is 0 Å². The van der Waals surface area contributed by atoms with Gasteiger partial charge in [-0.3, -0.25) is 4.79 Å². The van der Waals surface area contributed by atoms with Crippen LogP contribution in [0.4, 0.5) is 0 Å². The van der Waals surface area contributed by atoms with Gasteiger partial charge >= 0.3 is 0 Å². The largest absolute Gasteiger partial charge is 0.339 e. The fourth-order valence-electron chi connectivity index (χ4n) is 2.56. The zero-order valence-corrected chi connectivity index (χ0v) is 11.6. The molecule has 1 saturated heterocycles. The highest BCUT2D eigenvalue weighted by Crippen LogP contribution is 2.26. The Morgan fingerprint density at radius 2 is 1.89 bits per heavy atom. The van der Waals surface area contributed by atoms with Crippen LogP contribution in [0.2, 0.25) is 0 Å². The van der Waals surface area contributed by atoms with Crippen LogP contribution in [0.15, 0.2) is 30.3 Å². The molecule has 1 aliphatic rings. The standard InChI is InChI=1S/C15H23N3O/c1-10(2)14(17)15(19)18-8-12(13(16)9-18)11-6-4-3-5-7-11/h3-7,10,12-14H,8-9,16-17H2,1-2H3/t12-,13+,14?/m0/s1. The summed E-state index contributed by atoms with van der Waals surface area (Å²) in [6.07, 6.45) is 0. The minimum absolute atomic E-state index is 0.00860. The molecule has 1 heterocycles. The molecule has 0 radical (unpaired) electrons. The lowest BCUT2D eigenvalue weighted by Gasteiger charge is -2.23. The summed E-state index contributed by atoms with van der Waals surface area (Å²) in [4.78, 5) is 14.1. The Bertz CT molecular complexity index is 432. The van der Waals surface area contributed by atoms with Crippen LogP contribution in [0.5, 0.6) is 0 Å². The van der Waals surface area contributed by atoms with E-state index < -0.39 is 6.04 Å². The zero-order valence-electron chi connectivity index (χ0n) is 11.6. The van der Waals surface area contributed by atoms with Gasteiger partial charge in [-0.15, -0.1) is 0 Å². The summed E-state index contributed by atoms with van der Waals surface area (Å²) in [6, 6.07) is 9.70. The number of nitrogens with two attached hydrogens (primary N) is 2. The molecule has 1 amide bonds. The molecule has 1 aromatic carbocycles. The van der Waals surface area contributed by atoms with Gasteiger partial charge in [0.25, 0.3) is 0 Å². The van der Waals surface area contributed by atoms with Crippen LogP contribution in [-0.4, -0.2) is 36.0 Å². The molecule has 1 aliphatic heterocycles. The van der Waals surface area contributed by atoms with Crippen LogP contribution in [0.1, 0.15) is 25.3 Å². The molecule has 0 saturated carbocycles. The molecule has 3 atom stereocenters. The summed E-state index contributed by atoms with van der Waals surface area (Å²) < 4.78 is 0. The second-order valence-electron chi connectivity index (χ2n) is 5.69. The number of carbonyl (C=O) groups is 1. The summed E-state index contributed by atoms with van der Waals surface area (Å²) in [5.41, 5.74) is 13.3. The van der Waals surface area contributed by atoms with E-state index in [4.69, 9.17) is 11.5 Å². The molecule has 4 N–H and O–H groups in total. The van der Waals surface area contributed by atoms with Crippen molar-refractivity contribution in [1.82, 2.24) is 4.90 Å². The number of carbonyl (C=O) groups excluding carboxylic acids is 1. The van der Waals surface area contributed by atoms with Crippen LogP contribution in [0.25, 0.3) is 0 Å². The van der Waals surface area contributed by atoms with Crippen molar-refractivity contribution < 1.29 is 4.79 Å². The lowest BCUT2D eigenvalue weighted by atomic mass is 9.95. The van der Waals surface area contributed by atoms with Crippen molar-refractivity contribution in [2.75, 3.05) is 13.1 Å². The molecule has 19 heavy (non-hydrogen) atoms. The fraction of sp³-hybridized carbons (Fsp3) is 0.533. The molecule has 0 aromatic heterocycles. The Labute approximate surface area is 114 Å². The lowest BCUT2D eigenvalue weighted by molar-refractivity contribution is -0.132. The van der Waals surface area contributed by atoms with Crippen molar-refractivity contribution in [1.29, 1.82) is 0 Å². The van der Waals surface area contributed by atoms with Gasteiger partial charge in [0, 0.05) is 25.0 Å². The Morgan fingerprint density at radius 3 is 2.47 bits per heavy atom. The Morgan fingerprint density at radius 1 is 1.26 bits per heavy atom. The molecule has 1 unspecified atom stereocenters. The monoisotopic (exact) mass is 261 g/mol. The van der Waals surface area contributed by atoms with Gasteiger partial charge in [0.1, 0.15) is 0 Å². The SMILES string of the molecule is CC(C)C(N)C(=O)N1C[C@@H](N)[C@H](c2ccccc2)C1. The number of nitrogens with zero attached hydrogens (tertiary/aromatic N) is 1. The Balaban J connectivity index is 2.08. The molecule has 0 aliphatic carbocycles. The number of rotatable bonds is 3. The molecule has 0 bridgehead atoms. The first-order valence-electron chi connectivity index (χ1n) is 6.85. The van der Waals surface area contributed by atoms with E-state index in [0.717, 1.165) is 0 Å². The summed E-state index contributed by atoms with van der Waals surface area (Å²) in [7, 11) is 0. The van der Waals surface area contributed by atoms with Gasteiger partial charge in [0.05, 0.1) is 6.04 Å². The third-order valence-electron chi connectivity index (χ3n) is 3.91. The lowest BCUT2D eigenvalue weighted by Crippen LogP contribution is -2.46. The van der Waals surface area contributed by atoms with Crippen LogP contribution in [-0.2, 0) is 4.79 Å². The van der Waals surface area contributed by atoms with Crippen LogP contribution >= 0.6 is 0 Å². The first-order valence-corrected chi connectivity index (χ1v) is 6.85.